The molecule has 0 radical (unpaired) electrons. The number of hydrogen-bond acceptors (Lipinski definition) is 2. The van der Waals surface area contributed by atoms with E-state index in [-0.39, 0.29) is 12.1 Å². The van der Waals surface area contributed by atoms with Crippen LogP contribution in [0, 0.1) is 0 Å². The van der Waals surface area contributed by atoms with Gasteiger partial charge in [0.1, 0.15) is 0 Å². The molecule has 0 amide bonds. The normalized spacial score (nSPS) is 17.2. The summed E-state index contributed by atoms with van der Waals surface area (Å²) >= 11 is 0. The predicted molar refractivity (Wildman–Crippen MR) is 84.8 cm³/mol. The molecule has 1 atom stereocenters. The average Bonchev–Trinajstić information content (AvgIpc) is 3.15. The Hall–Kier alpha value is -0.530. The van der Waals surface area contributed by atoms with Crippen LogP contribution in [0.5, 0.6) is 0 Å². The second kappa shape index (κ2) is 12.2. The third-order valence-electron chi connectivity index (χ3n) is 4.28. The maximum Gasteiger partial charge on any atom is 0.348 e. The monoisotopic (exact) mass is 282 g/mol. The Bertz CT molecular complexity index is 238. The fraction of sp³-hybridized carbons (Fsp3) is 0.944. The van der Waals surface area contributed by atoms with E-state index in [1.54, 1.807) is 0 Å². The summed E-state index contributed by atoms with van der Waals surface area (Å²) in [5.74, 6) is 0.0136. The van der Waals surface area contributed by atoms with Crippen LogP contribution >= 0.6 is 0 Å². The highest BCUT2D eigenvalue weighted by Gasteiger charge is 2.36. The largest absolute Gasteiger partial charge is 0.448 e. The van der Waals surface area contributed by atoms with Gasteiger partial charge in [0, 0.05) is 0 Å². The fourth-order valence-electron chi connectivity index (χ4n) is 2.81. The fourth-order valence-corrected chi connectivity index (χ4v) is 2.81. The number of hydrogen-bond donors (Lipinski definition) is 0. The van der Waals surface area contributed by atoms with Gasteiger partial charge in [-0.15, -0.1) is 0 Å². The van der Waals surface area contributed by atoms with Gasteiger partial charge in [-0.25, -0.2) is 4.79 Å². The lowest BCUT2D eigenvalue weighted by Gasteiger charge is -2.02. The van der Waals surface area contributed by atoms with Crippen LogP contribution in [0.2, 0.25) is 0 Å². The van der Waals surface area contributed by atoms with Crippen LogP contribution in [-0.2, 0) is 9.53 Å². The summed E-state index contributed by atoms with van der Waals surface area (Å²) in [6.07, 6.45) is 20.3. The summed E-state index contributed by atoms with van der Waals surface area (Å²) in [6, 6.07) is 0. The molecule has 2 heteroatoms. The zero-order valence-corrected chi connectivity index (χ0v) is 13.5. The number of epoxide rings is 1. The topological polar surface area (TPSA) is 29.6 Å². The minimum atomic E-state index is -0.0210. The minimum absolute atomic E-state index is 0.0136. The quantitative estimate of drug-likeness (QED) is 0.281. The molecule has 0 aromatic heterocycles. The van der Waals surface area contributed by atoms with Crippen LogP contribution in [0.4, 0.5) is 0 Å². The van der Waals surface area contributed by atoms with Crippen molar-refractivity contribution in [1.29, 1.82) is 0 Å². The molecular formula is C18H34O2. The summed E-state index contributed by atoms with van der Waals surface area (Å²) < 4.78 is 4.79. The molecule has 1 aliphatic rings. The Balaban J connectivity index is 1.63. The van der Waals surface area contributed by atoms with Gasteiger partial charge in [-0.2, -0.15) is 0 Å². The molecule has 0 bridgehead atoms. The van der Waals surface area contributed by atoms with Crippen molar-refractivity contribution < 1.29 is 9.53 Å². The van der Waals surface area contributed by atoms with Gasteiger partial charge in [-0.3, -0.25) is 0 Å². The molecule has 0 aromatic rings. The van der Waals surface area contributed by atoms with Crippen molar-refractivity contribution in [2.45, 2.75) is 109 Å². The second-order valence-corrected chi connectivity index (χ2v) is 6.31. The summed E-state index contributed by atoms with van der Waals surface area (Å²) in [7, 11) is 0. The molecule has 0 saturated carbocycles. The van der Waals surface area contributed by atoms with Crippen LogP contribution in [-0.4, -0.2) is 12.1 Å². The van der Waals surface area contributed by atoms with Crippen molar-refractivity contribution in [3.8, 4) is 0 Å². The van der Waals surface area contributed by atoms with Crippen molar-refractivity contribution in [2.24, 2.45) is 0 Å². The number of carbonyl (C=O) groups is 1. The smallest absolute Gasteiger partial charge is 0.348 e. The number of unbranched alkanes of at least 4 members (excludes halogenated alkanes) is 13. The van der Waals surface area contributed by atoms with Crippen molar-refractivity contribution in [3.63, 3.8) is 0 Å². The van der Waals surface area contributed by atoms with E-state index in [1.807, 2.05) is 0 Å². The molecule has 1 unspecified atom stereocenters. The van der Waals surface area contributed by atoms with Crippen LogP contribution in [0.15, 0.2) is 0 Å². The van der Waals surface area contributed by atoms with Crippen molar-refractivity contribution >= 4 is 5.97 Å². The van der Waals surface area contributed by atoms with Gasteiger partial charge in [0.25, 0.3) is 0 Å². The summed E-state index contributed by atoms with van der Waals surface area (Å²) in [6.45, 7) is 2.28. The van der Waals surface area contributed by atoms with Gasteiger partial charge in [0.15, 0.2) is 6.10 Å². The molecule has 2 nitrogen and oxygen atoms in total. The van der Waals surface area contributed by atoms with Crippen LogP contribution in [0.3, 0.4) is 0 Å². The highest BCUT2D eigenvalue weighted by molar-refractivity contribution is 5.87. The van der Waals surface area contributed by atoms with Crippen molar-refractivity contribution in [2.75, 3.05) is 0 Å². The van der Waals surface area contributed by atoms with Gasteiger partial charge in [0.05, 0.1) is 0 Å². The summed E-state index contributed by atoms with van der Waals surface area (Å²) in [5, 5.41) is 0. The number of cyclic esters (lactones) is 1. The molecule has 1 rings (SSSR count). The molecule has 1 saturated heterocycles. The molecule has 20 heavy (non-hydrogen) atoms. The van der Waals surface area contributed by atoms with E-state index in [0.29, 0.717) is 0 Å². The third-order valence-corrected chi connectivity index (χ3v) is 4.28. The zero-order valence-electron chi connectivity index (χ0n) is 13.5. The second-order valence-electron chi connectivity index (χ2n) is 6.31. The number of carbonyl (C=O) groups excluding carboxylic acids is 1. The zero-order chi connectivity index (χ0) is 14.5. The number of ether oxygens (including phenoxy) is 1. The third kappa shape index (κ3) is 10.3. The first-order valence-electron chi connectivity index (χ1n) is 9.05. The maximum absolute atomic E-state index is 10.6. The standard InChI is InChI=1S/C18H34O2/c1-2-3-4-5-6-7-8-9-10-11-12-13-14-15-16-17-18(19)20-17/h17H,2-16H2,1H3. The molecule has 0 aliphatic carbocycles. The van der Waals surface area contributed by atoms with Gasteiger partial charge in [-0.05, 0) is 12.8 Å². The first kappa shape index (κ1) is 17.5. The van der Waals surface area contributed by atoms with Gasteiger partial charge in [0.2, 0.25) is 0 Å². The SMILES string of the molecule is CCCCCCCCCCCCCCCCC1OC1=O. The van der Waals surface area contributed by atoms with Gasteiger partial charge in [-0.1, -0.05) is 90.4 Å². The summed E-state index contributed by atoms with van der Waals surface area (Å²) in [4.78, 5) is 10.6. The van der Waals surface area contributed by atoms with Crippen LogP contribution in [0.25, 0.3) is 0 Å². The Labute approximate surface area is 125 Å². The van der Waals surface area contributed by atoms with Gasteiger partial charge >= 0.3 is 5.97 Å². The number of rotatable bonds is 15. The molecule has 0 N–H and O–H groups in total. The highest BCUT2D eigenvalue weighted by atomic mass is 16.6. The first-order chi connectivity index (χ1) is 9.84. The van der Waals surface area contributed by atoms with Crippen LogP contribution in [0.1, 0.15) is 103 Å². The van der Waals surface area contributed by atoms with Crippen molar-refractivity contribution in [3.05, 3.63) is 0 Å². The molecule has 1 heterocycles. The Kier molecular flexibility index (Phi) is 10.7. The highest BCUT2D eigenvalue weighted by Crippen LogP contribution is 2.20. The maximum atomic E-state index is 10.6. The molecule has 0 spiro atoms. The van der Waals surface area contributed by atoms with Gasteiger partial charge < -0.3 is 4.74 Å². The lowest BCUT2D eigenvalue weighted by molar-refractivity contribution is -0.117. The Morgan fingerprint density at radius 2 is 1.05 bits per heavy atom. The molecule has 118 valence electrons. The lowest BCUT2D eigenvalue weighted by atomic mass is 10.0. The van der Waals surface area contributed by atoms with E-state index < -0.39 is 0 Å². The molecular weight excluding hydrogens is 248 g/mol. The van der Waals surface area contributed by atoms with E-state index in [2.05, 4.69) is 6.92 Å². The van der Waals surface area contributed by atoms with E-state index >= 15 is 0 Å². The first-order valence-corrected chi connectivity index (χ1v) is 9.05. The molecule has 1 aliphatic heterocycles. The predicted octanol–water partition coefficient (Wildman–Crippen LogP) is 5.78. The van der Waals surface area contributed by atoms with Crippen molar-refractivity contribution in [1.82, 2.24) is 0 Å². The van der Waals surface area contributed by atoms with E-state index in [4.69, 9.17) is 4.74 Å². The summed E-state index contributed by atoms with van der Waals surface area (Å²) in [5.41, 5.74) is 0. The lowest BCUT2D eigenvalue weighted by Crippen LogP contribution is -1.88. The molecule has 0 aromatic carbocycles. The Morgan fingerprint density at radius 3 is 1.40 bits per heavy atom. The molecule has 1 fully saturated rings. The van der Waals surface area contributed by atoms with E-state index in [0.717, 1.165) is 12.8 Å². The average molecular weight is 282 g/mol. The van der Waals surface area contributed by atoms with E-state index in [9.17, 15) is 4.79 Å². The minimum Gasteiger partial charge on any atom is -0.448 e. The van der Waals surface area contributed by atoms with Crippen LogP contribution < -0.4 is 0 Å². The Morgan fingerprint density at radius 1 is 0.700 bits per heavy atom. The van der Waals surface area contributed by atoms with E-state index in [1.165, 1.54) is 83.5 Å².